The van der Waals surface area contributed by atoms with Crippen LogP contribution >= 0.6 is 0 Å². The van der Waals surface area contributed by atoms with Crippen LogP contribution in [0.2, 0.25) is 0 Å². The van der Waals surface area contributed by atoms with Crippen molar-refractivity contribution in [3.8, 4) is 0 Å². The first-order chi connectivity index (χ1) is 8.67. The van der Waals surface area contributed by atoms with E-state index in [4.69, 9.17) is 5.73 Å². The molecule has 5 heteroatoms. The number of hydrogen-bond acceptors (Lipinski definition) is 4. The number of likely N-dealkylation sites (tertiary alicyclic amines) is 1. The molecule has 1 atom stereocenters. The fourth-order valence-corrected chi connectivity index (χ4v) is 2.77. The third-order valence-corrected chi connectivity index (χ3v) is 3.88. The van der Waals surface area contributed by atoms with Crippen LogP contribution in [-0.4, -0.2) is 40.4 Å². The highest BCUT2D eigenvalue weighted by Gasteiger charge is 2.23. The van der Waals surface area contributed by atoms with Crippen molar-refractivity contribution in [1.82, 2.24) is 14.7 Å². The van der Waals surface area contributed by atoms with Crippen molar-refractivity contribution >= 4 is 11.5 Å². The van der Waals surface area contributed by atoms with E-state index in [1.54, 1.807) is 0 Å². The van der Waals surface area contributed by atoms with E-state index in [1.165, 1.54) is 19.4 Å². The van der Waals surface area contributed by atoms with Gasteiger partial charge in [-0.3, -0.25) is 4.90 Å². The van der Waals surface area contributed by atoms with Crippen molar-refractivity contribution in [3.05, 3.63) is 5.69 Å². The number of hydrogen-bond donors (Lipinski definition) is 2. The fraction of sp³-hybridized carbons (Fsp3) is 0.769. The molecular formula is C13H25N5. The Morgan fingerprint density at radius 2 is 2.17 bits per heavy atom. The zero-order valence-electron chi connectivity index (χ0n) is 11.7. The molecule has 2 heterocycles. The molecule has 0 aliphatic carbocycles. The van der Waals surface area contributed by atoms with E-state index in [1.807, 2.05) is 11.6 Å². The van der Waals surface area contributed by atoms with Gasteiger partial charge in [0.15, 0.2) is 0 Å². The summed E-state index contributed by atoms with van der Waals surface area (Å²) in [4.78, 5) is 2.53. The van der Waals surface area contributed by atoms with Gasteiger partial charge in [-0.1, -0.05) is 6.92 Å². The number of likely N-dealkylation sites (N-methyl/N-ethyl adjacent to an activating group) is 1. The number of nitrogen functional groups attached to an aromatic ring is 1. The van der Waals surface area contributed by atoms with Crippen molar-refractivity contribution in [3.63, 3.8) is 0 Å². The summed E-state index contributed by atoms with van der Waals surface area (Å²) in [5.74, 6) is 0.984. The standard InChI is InChI=1S/C13H25N5/c1-4-17-8-6-7-11(17)9-15-13-12(14)10(3)16-18(13)5-2/h11,15H,4-9,14H2,1-3H3. The minimum absolute atomic E-state index is 0.634. The number of nitrogens with two attached hydrogens (primary N) is 1. The molecular weight excluding hydrogens is 226 g/mol. The fourth-order valence-electron chi connectivity index (χ4n) is 2.77. The molecule has 1 aliphatic heterocycles. The minimum Gasteiger partial charge on any atom is -0.394 e. The molecule has 1 saturated heterocycles. The van der Waals surface area contributed by atoms with Gasteiger partial charge in [0, 0.05) is 19.1 Å². The topological polar surface area (TPSA) is 59.1 Å². The lowest BCUT2D eigenvalue weighted by Gasteiger charge is -2.23. The third-order valence-electron chi connectivity index (χ3n) is 3.88. The number of anilines is 2. The number of nitrogens with one attached hydrogen (secondary N) is 1. The van der Waals surface area contributed by atoms with Crippen LogP contribution in [0, 0.1) is 6.92 Å². The Morgan fingerprint density at radius 3 is 2.83 bits per heavy atom. The molecule has 1 aromatic rings. The maximum absolute atomic E-state index is 6.07. The van der Waals surface area contributed by atoms with Gasteiger partial charge in [-0.15, -0.1) is 0 Å². The molecule has 102 valence electrons. The first-order valence-electron chi connectivity index (χ1n) is 6.98. The Morgan fingerprint density at radius 1 is 1.39 bits per heavy atom. The van der Waals surface area contributed by atoms with Gasteiger partial charge in [0.1, 0.15) is 5.82 Å². The minimum atomic E-state index is 0.634. The first-order valence-corrected chi connectivity index (χ1v) is 6.98. The third kappa shape index (κ3) is 2.46. The predicted molar refractivity (Wildman–Crippen MR) is 75.8 cm³/mol. The molecule has 0 spiro atoms. The molecule has 1 fully saturated rings. The number of nitrogens with zero attached hydrogens (tertiary/aromatic N) is 3. The number of aromatic nitrogens is 2. The van der Waals surface area contributed by atoms with E-state index in [9.17, 15) is 0 Å². The summed E-state index contributed by atoms with van der Waals surface area (Å²) in [6.07, 6.45) is 2.59. The summed E-state index contributed by atoms with van der Waals surface area (Å²) < 4.78 is 1.95. The van der Waals surface area contributed by atoms with E-state index < -0.39 is 0 Å². The molecule has 1 unspecified atom stereocenters. The highest BCUT2D eigenvalue weighted by Crippen LogP contribution is 2.23. The van der Waals surface area contributed by atoms with Gasteiger partial charge in [0.2, 0.25) is 0 Å². The van der Waals surface area contributed by atoms with Gasteiger partial charge < -0.3 is 11.1 Å². The van der Waals surface area contributed by atoms with E-state index in [2.05, 4.69) is 29.2 Å². The Labute approximate surface area is 109 Å². The zero-order valence-corrected chi connectivity index (χ0v) is 11.7. The molecule has 3 N–H and O–H groups in total. The highest BCUT2D eigenvalue weighted by atomic mass is 15.3. The molecule has 2 rings (SSSR count). The summed E-state index contributed by atoms with van der Waals surface area (Å²) in [6.45, 7) is 10.4. The van der Waals surface area contributed by atoms with E-state index >= 15 is 0 Å². The maximum atomic E-state index is 6.07. The second-order valence-corrected chi connectivity index (χ2v) is 4.97. The average molecular weight is 251 g/mol. The largest absolute Gasteiger partial charge is 0.394 e. The number of rotatable bonds is 5. The summed E-state index contributed by atoms with van der Waals surface area (Å²) in [5.41, 5.74) is 7.78. The second kappa shape index (κ2) is 5.61. The lowest BCUT2D eigenvalue weighted by atomic mass is 10.2. The van der Waals surface area contributed by atoms with Crippen molar-refractivity contribution in [2.75, 3.05) is 30.7 Å². The highest BCUT2D eigenvalue weighted by molar-refractivity contribution is 5.64. The van der Waals surface area contributed by atoms with Crippen molar-refractivity contribution in [2.45, 2.75) is 46.2 Å². The molecule has 0 amide bonds. The van der Waals surface area contributed by atoms with Crippen LogP contribution in [-0.2, 0) is 6.54 Å². The predicted octanol–water partition coefficient (Wildman–Crippen LogP) is 1.69. The van der Waals surface area contributed by atoms with Crippen LogP contribution < -0.4 is 11.1 Å². The average Bonchev–Trinajstić information content (AvgIpc) is 2.93. The zero-order chi connectivity index (χ0) is 13.1. The molecule has 0 bridgehead atoms. The van der Waals surface area contributed by atoms with Crippen LogP contribution in [0.5, 0.6) is 0 Å². The lowest BCUT2D eigenvalue weighted by Crippen LogP contribution is -2.35. The first kappa shape index (κ1) is 13.2. The second-order valence-electron chi connectivity index (χ2n) is 4.97. The Bertz CT molecular complexity index is 398. The van der Waals surface area contributed by atoms with E-state index in [0.29, 0.717) is 6.04 Å². The maximum Gasteiger partial charge on any atom is 0.148 e. The summed E-state index contributed by atoms with van der Waals surface area (Å²) in [7, 11) is 0. The van der Waals surface area contributed by atoms with Crippen LogP contribution in [0.1, 0.15) is 32.4 Å². The molecule has 0 radical (unpaired) electrons. The van der Waals surface area contributed by atoms with Crippen molar-refractivity contribution in [1.29, 1.82) is 0 Å². The van der Waals surface area contributed by atoms with Gasteiger partial charge in [-0.2, -0.15) is 5.10 Å². The van der Waals surface area contributed by atoms with Crippen LogP contribution in [0.3, 0.4) is 0 Å². The van der Waals surface area contributed by atoms with Gasteiger partial charge in [-0.05, 0) is 39.8 Å². The van der Waals surface area contributed by atoms with Crippen LogP contribution in [0.4, 0.5) is 11.5 Å². The Balaban J connectivity index is 2.01. The molecule has 18 heavy (non-hydrogen) atoms. The Hall–Kier alpha value is -1.23. The normalized spacial score (nSPS) is 20.5. The Kier molecular flexibility index (Phi) is 4.11. The summed E-state index contributed by atoms with van der Waals surface area (Å²) in [5, 5.41) is 7.92. The molecule has 5 nitrogen and oxygen atoms in total. The van der Waals surface area contributed by atoms with Crippen LogP contribution in [0.15, 0.2) is 0 Å². The van der Waals surface area contributed by atoms with Gasteiger partial charge in [-0.25, -0.2) is 4.68 Å². The number of aryl methyl sites for hydroxylation is 2. The molecule has 0 saturated carbocycles. The van der Waals surface area contributed by atoms with Gasteiger partial charge in [0.05, 0.1) is 11.4 Å². The summed E-state index contributed by atoms with van der Waals surface area (Å²) in [6, 6.07) is 0.634. The van der Waals surface area contributed by atoms with Gasteiger partial charge in [0.25, 0.3) is 0 Å². The SMILES string of the molecule is CCN1CCCC1CNc1c(N)c(C)nn1CC. The molecule has 1 aliphatic rings. The van der Waals surface area contributed by atoms with Crippen LogP contribution in [0.25, 0.3) is 0 Å². The van der Waals surface area contributed by atoms with E-state index in [-0.39, 0.29) is 0 Å². The van der Waals surface area contributed by atoms with E-state index in [0.717, 1.165) is 36.8 Å². The molecule has 1 aromatic heterocycles. The van der Waals surface area contributed by atoms with Crippen molar-refractivity contribution in [2.24, 2.45) is 0 Å². The molecule has 0 aromatic carbocycles. The van der Waals surface area contributed by atoms with Gasteiger partial charge >= 0.3 is 0 Å². The monoisotopic (exact) mass is 251 g/mol. The lowest BCUT2D eigenvalue weighted by molar-refractivity contribution is 0.276. The smallest absolute Gasteiger partial charge is 0.148 e. The van der Waals surface area contributed by atoms with Crippen molar-refractivity contribution < 1.29 is 0 Å². The quantitative estimate of drug-likeness (QED) is 0.836. The summed E-state index contributed by atoms with van der Waals surface area (Å²) >= 11 is 0.